The number of nitriles is 1. The van der Waals surface area contributed by atoms with Gasteiger partial charge in [-0.1, -0.05) is 36.4 Å². The molecule has 0 atom stereocenters. The van der Waals surface area contributed by atoms with Gasteiger partial charge in [-0.15, -0.1) is 0 Å². The Labute approximate surface area is 182 Å². The van der Waals surface area contributed by atoms with Gasteiger partial charge in [0.1, 0.15) is 0 Å². The summed E-state index contributed by atoms with van der Waals surface area (Å²) >= 11 is 0. The first-order chi connectivity index (χ1) is 14.8. The number of carbonyl (C=O) groups excluding carboxylic acids is 1. The van der Waals surface area contributed by atoms with E-state index < -0.39 is 10.0 Å². The van der Waals surface area contributed by atoms with Gasteiger partial charge in [-0.25, -0.2) is 8.42 Å². The molecule has 0 spiro atoms. The van der Waals surface area contributed by atoms with E-state index in [1.807, 2.05) is 25.1 Å². The number of hydrogen-bond acceptors (Lipinski definition) is 4. The molecule has 0 aliphatic rings. The summed E-state index contributed by atoms with van der Waals surface area (Å²) in [6, 6.07) is 23.4. The number of carbonyl (C=O) groups is 1. The summed E-state index contributed by atoms with van der Waals surface area (Å²) in [4.78, 5) is 12.5. The lowest BCUT2D eigenvalue weighted by Crippen LogP contribution is -2.29. The summed E-state index contributed by atoms with van der Waals surface area (Å²) in [5, 5.41) is 11.5. The van der Waals surface area contributed by atoms with Gasteiger partial charge in [-0.05, 0) is 60.0 Å². The molecule has 1 amide bonds. The molecule has 158 valence electrons. The van der Waals surface area contributed by atoms with E-state index in [-0.39, 0.29) is 12.5 Å². The van der Waals surface area contributed by atoms with E-state index in [9.17, 15) is 13.2 Å². The van der Waals surface area contributed by atoms with Gasteiger partial charge >= 0.3 is 0 Å². The second-order valence-corrected chi connectivity index (χ2v) is 9.20. The van der Waals surface area contributed by atoms with Crippen LogP contribution in [0.4, 0.5) is 11.4 Å². The van der Waals surface area contributed by atoms with Crippen molar-refractivity contribution in [1.29, 1.82) is 5.26 Å². The average molecular weight is 434 g/mol. The minimum Gasteiger partial charge on any atom is -0.322 e. The zero-order valence-electron chi connectivity index (χ0n) is 17.4. The van der Waals surface area contributed by atoms with Crippen molar-refractivity contribution in [3.05, 3.63) is 95.1 Å². The molecule has 0 saturated heterocycles. The Morgan fingerprint density at radius 2 is 1.65 bits per heavy atom. The van der Waals surface area contributed by atoms with Crippen LogP contribution in [0.25, 0.3) is 0 Å². The molecular formula is C24H23N3O3S. The number of sulfonamides is 1. The van der Waals surface area contributed by atoms with Crippen molar-refractivity contribution >= 4 is 27.3 Å². The molecule has 6 nitrogen and oxygen atoms in total. The zero-order valence-corrected chi connectivity index (χ0v) is 18.2. The van der Waals surface area contributed by atoms with Crippen molar-refractivity contribution in [3.63, 3.8) is 0 Å². The van der Waals surface area contributed by atoms with Crippen molar-refractivity contribution in [1.82, 2.24) is 0 Å². The molecule has 0 fully saturated rings. The first-order valence-corrected chi connectivity index (χ1v) is 11.5. The smallest absolute Gasteiger partial charge is 0.255 e. The third-order valence-electron chi connectivity index (χ3n) is 4.73. The highest BCUT2D eigenvalue weighted by Crippen LogP contribution is 2.22. The second kappa shape index (κ2) is 9.45. The van der Waals surface area contributed by atoms with Gasteiger partial charge in [0.15, 0.2) is 0 Å². The summed E-state index contributed by atoms with van der Waals surface area (Å²) in [6.45, 7) is 2.08. The number of anilines is 2. The molecule has 0 aromatic heterocycles. The maximum Gasteiger partial charge on any atom is 0.255 e. The molecule has 0 aliphatic heterocycles. The normalized spacial score (nSPS) is 10.9. The lowest BCUT2D eigenvalue weighted by Gasteiger charge is -2.23. The molecule has 0 heterocycles. The third kappa shape index (κ3) is 5.93. The monoisotopic (exact) mass is 433 g/mol. The van der Waals surface area contributed by atoms with Crippen LogP contribution in [0.2, 0.25) is 0 Å². The maximum atomic E-state index is 12.5. The quantitative estimate of drug-likeness (QED) is 0.602. The molecule has 3 aromatic carbocycles. The van der Waals surface area contributed by atoms with Gasteiger partial charge in [0.25, 0.3) is 5.91 Å². The molecule has 0 radical (unpaired) electrons. The van der Waals surface area contributed by atoms with Crippen LogP contribution in [-0.2, 0) is 23.0 Å². The summed E-state index contributed by atoms with van der Waals surface area (Å²) in [5.74, 6) is -0.266. The van der Waals surface area contributed by atoms with Crippen LogP contribution < -0.4 is 9.62 Å². The number of hydrogen-bond donors (Lipinski definition) is 1. The zero-order chi connectivity index (χ0) is 22.4. The van der Waals surface area contributed by atoms with Gasteiger partial charge in [-0.3, -0.25) is 9.10 Å². The number of amides is 1. The summed E-state index contributed by atoms with van der Waals surface area (Å²) in [6.07, 6.45) is 1.50. The Balaban J connectivity index is 1.72. The molecule has 1 N–H and O–H groups in total. The highest BCUT2D eigenvalue weighted by atomic mass is 32.2. The lowest BCUT2D eigenvalue weighted by molar-refractivity contribution is 0.102. The van der Waals surface area contributed by atoms with Gasteiger partial charge < -0.3 is 5.32 Å². The molecular weight excluding hydrogens is 410 g/mol. The average Bonchev–Trinajstić information content (AvgIpc) is 2.73. The Morgan fingerprint density at radius 1 is 1.00 bits per heavy atom. The molecule has 3 aromatic rings. The van der Waals surface area contributed by atoms with Crippen LogP contribution in [0.3, 0.4) is 0 Å². The minimum absolute atomic E-state index is 0.171. The molecule has 0 unspecified atom stereocenters. The topological polar surface area (TPSA) is 90.3 Å². The van der Waals surface area contributed by atoms with Crippen molar-refractivity contribution in [2.75, 3.05) is 15.9 Å². The Hall–Kier alpha value is -3.63. The van der Waals surface area contributed by atoms with E-state index in [1.165, 1.54) is 10.6 Å². The second-order valence-electron chi connectivity index (χ2n) is 7.29. The first-order valence-electron chi connectivity index (χ1n) is 9.67. The van der Waals surface area contributed by atoms with Crippen LogP contribution in [0.1, 0.15) is 27.0 Å². The summed E-state index contributed by atoms with van der Waals surface area (Å²) < 4.78 is 26.0. The SMILES string of the molecule is Cc1cccc(N(Cc2ccc(C(=O)Nc3ccc(CC#N)cc3)cc2)S(C)(=O)=O)c1. The van der Waals surface area contributed by atoms with E-state index in [1.54, 1.807) is 54.6 Å². The van der Waals surface area contributed by atoms with Crippen molar-refractivity contribution in [2.45, 2.75) is 19.9 Å². The fourth-order valence-corrected chi connectivity index (χ4v) is 3.99. The predicted molar refractivity (Wildman–Crippen MR) is 122 cm³/mol. The minimum atomic E-state index is -3.47. The van der Waals surface area contributed by atoms with Crippen molar-refractivity contribution < 1.29 is 13.2 Å². The molecule has 0 bridgehead atoms. The van der Waals surface area contributed by atoms with Gasteiger partial charge in [0, 0.05) is 11.3 Å². The fourth-order valence-electron chi connectivity index (χ4n) is 3.11. The highest BCUT2D eigenvalue weighted by molar-refractivity contribution is 7.92. The molecule has 0 aliphatic carbocycles. The predicted octanol–water partition coefficient (Wildman–Crippen LogP) is 4.28. The van der Waals surface area contributed by atoms with Crippen LogP contribution in [0, 0.1) is 18.3 Å². The van der Waals surface area contributed by atoms with Gasteiger partial charge in [0.2, 0.25) is 10.0 Å². The van der Waals surface area contributed by atoms with E-state index in [0.717, 1.165) is 16.7 Å². The maximum absolute atomic E-state index is 12.5. The van der Waals surface area contributed by atoms with Gasteiger partial charge in [0.05, 0.1) is 31.0 Å². The molecule has 7 heteroatoms. The van der Waals surface area contributed by atoms with Gasteiger partial charge in [-0.2, -0.15) is 5.26 Å². The number of nitrogens with one attached hydrogen (secondary N) is 1. The standard InChI is InChI=1S/C24H23N3O3S/c1-18-4-3-5-23(16-18)27(31(2,29)30)17-20-6-10-21(11-7-20)24(28)26-22-12-8-19(9-13-22)14-15-25/h3-13,16H,14,17H2,1-2H3,(H,26,28). The van der Waals surface area contributed by atoms with E-state index in [2.05, 4.69) is 11.4 Å². The largest absolute Gasteiger partial charge is 0.322 e. The fraction of sp³-hybridized carbons (Fsp3) is 0.167. The van der Waals surface area contributed by atoms with Crippen molar-refractivity contribution in [3.8, 4) is 6.07 Å². The lowest BCUT2D eigenvalue weighted by atomic mass is 10.1. The highest BCUT2D eigenvalue weighted by Gasteiger charge is 2.18. The van der Waals surface area contributed by atoms with Crippen LogP contribution in [0.5, 0.6) is 0 Å². The number of rotatable bonds is 7. The Bertz CT molecular complexity index is 1210. The van der Waals surface area contributed by atoms with E-state index in [4.69, 9.17) is 5.26 Å². The summed E-state index contributed by atoms with van der Waals surface area (Å²) in [5.41, 5.74) is 4.32. The number of aryl methyl sites for hydroxylation is 1. The number of nitrogens with zero attached hydrogens (tertiary/aromatic N) is 2. The summed E-state index contributed by atoms with van der Waals surface area (Å²) in [7, 11) is -3.47. The Kier molecular flexibility index (Phi) is 6.73. The molecule has 31 heavy (non-hydrogen) atoms. The molecule has 3 rings (SSSR count). The van der Waals surface area contributed by atoms with Crippen LogP contribution in [0.15, 0.2) is 72.8 Å². The van der Waals surface area contributed by atoms with E-state index >= 15 is 0 Å². The van der Waals surface area contributed by atoms with Crippen LogP contribution in [-0.4, -0.2) is 20.6 Å². The van der Waals surface area contributed by atoms with E-state index in [0.29, 0.717) is 23.4 Å². The first kappa shape index (κ1) is 22.1. The third-order valence-corrected chi connectivity index (χ3v) is 5.87. The number of benzene rings is 3. The van der Waals surface area contributed by atoms with Crippen molar-refractivity contribution in [2.24, 2.45) is 0 Å². The molecule has 0 saturated carbocycles. The van der Waals surface area contributed by atoms with Crippen LogP contribution >= 0.6 is 0 Å². The Morgan fingerprint density at radius 3 is 2.23 bits per heavy atom.